The Morgan fingerprint density at radius 2 is 0.250 bits per heavy atom. The van der Waals surface area contributed by atoms with Crippen molar-refractivity contribution in [2.75, 3.05) is 0 Å². The van der Waals surface area contributed by atoms with Crippen LogP contribution in [0.3, 0.4) is 0 Å². The van der Waals surface area contributed by atoms with Crippen LogP contribution in [0.2, 0.25) is 0 Å². The predicted molar refractivity (Wildman–Crippen MR) is 247 cm³/mol. The van der Waals surface area contributed by atoms with Crippen LogP contribution in [0, 0.1) is 0 Å². The van der Waals surface area contributed by atoms with Gasteiger partial charge in [-0.15, -0.1) is 0 Å². The fraction of sp³-hybridized carbons (Fsp3) is 0.500. The van der Waals surface area contributed by atoms with Gasteiger partial charge in [-0.3, -0.25) is 0 Å². The molecule has 0 aromatic heterocycles. The number of hydrogen-bond donors (Lipinski definition) is 14. The molecule has 0 aliphatic rings. The number of carboxylic acid groups (broad SMARTS) is 14. The van der Waals surface area contributed by atoms with Gasteiger partial charge in [-0.2, -0.15) is 177 Å². The molecule has 0 saturated carbocycles. The summed E-state index contributed by atoms with van der Waals surface area (Å²) in [5.41, 5.74) is 0. The summed E-state index contributed by atoms with van der Waals surface area (Å²) in [4.78, 5) is 139. The zero-order chi connectivity index (χ0) is 58.5. The third-order valence-electron chi connectivity index (χ3n) is 5.02. The first kappa shape index (κ1) is 90.3. The molecule has 0 amide bonds. The van der Waals surface area contributed by atoms with Gasteiger partial charge in [0, 0.05) is 86.7 Å². The van der Waals surface area contributed by atoms with Crippen molar-refractivity contribution < 1.29 is 179 Å². The normalized spacial score (nSPS) is 10.7. The van der Waals surface area contributed by atoms with Gasteiger partial charge in [0.15, 0.2) is 0 Å². The van der Waals surface area contributed by atoms with Crippen molar-refractivity contribution in [3.8, 4) is 0 Å². The van der Waals surface area contributed by atoms with Crippen LogP contribution in [0.25, 0.3) is 0 Å². The Balaban J connectivity index is -0.0000000915. The second-order valence-electron chi connectivity index (χ2n) is 11.6. The predicted octanol–water partition coefficient (Wildman–Crippen LogP) is -18.0. The first-order chi connectivity index (χ1) is 30.5. The molecular weight excluding hydrogens is 1610 g/mol. The molecule has 44 heteroatoms. The molecular formula is C28H28O28Re2S14. The van der Waals surface area contributed by atoms with E-state index in [2.05, 4.69) is 177 Å². The molecule has 0 rings (SSSR count). The van der Waals surface area contributed by atoms with Gasteiger partial charge in [-0.05, 0) is 0 Å². The summed E-state index contributed by atoms with van der Waals surface area (Å²) in [5, 5.41) is 139. The number of rotatable bonds is 21. The molecule has 0 heterocycles. The second-order valence-corrected chi connectivity index (χ2v) is 24.7. The molecule has 28 nitrogen and oxygen atoms in total. The summed E-state index contributed by atoms with van der Waals surface area (Å²) >= 11 is 47.6. The average molecular weight is 1630 g/mol. The van der Waals surface area contributed by atoms with E-state index in [1.54, 1.807) is 0 Å². The number of thiol groups is 14. The molecule has 0 unspecified atom stereocenters. The Hall–Kier alpha value is -1.20. The van der Waals surface area contributed by atoms with E-state index in [0.717, 1.165) is 0 Å². The Morgan fingerprint density at radius 3 is 0.264 bits per heavy atom. The van der Waals surface area contributed by atoms with Crippen LogP contribution < -0.4 is 71.5 Å². The van der Waals surface area contributed by atoms with Crippen LogP contribution in [0.1, 0.15) is 44.9 Å². The van der Waals surface area contributed by atoms with Crippen LogP contribution in [0.5, 0.6) is 0 Å². The van der Waals surface area contributed by atoms with Gasteiger partial charge in [0.2, 0.25) is 0 Å². The molecule has 0 saturated heterocycles. The summed E-state index contributed by atoms with van der Waals surface area (Å²) in [6.45, 7) is 0. The maximum absolute atomic E-state index is 10.0. The van der Waals surface area contributed by atoms with E-state index >= 15 is 0 Å². The molecule has 406 valence electrons. The first-order valence-corrected chi connectivity index (χ1v) is 21.8. The fourth-order valence-corrected chi connectivity index (χ4v) is 3.72. The molecule has 0 aliphatic heterocycles. The van der Waals surface area contributed by atoms with Crippen molar-refractivity contribution in [3.05, 3.63) is 0 Å². The Morgan fingerprint density at radius 1 is 0.194 bits per heavy atom. The summed E-state index contributed by atoms with van der Waals surface area (Å²) in [5.74, 6) is -22.3. The number of carbonyl (C=O) groups is 14. The number of carboxylic acids is 14. The molecule has 0 aromatic carbocycles. The van der Waals surface area contributed by atoms with Gasteiger partial charge in [-0.25, -0.2) is 0 Å². The van der Waals surface area contributed by atoms with Gasteiger partial charge < -0.3 is 139 Å². The van der Waals surface area contributed by atoms with Gasteiger partial charge in [0.1, 0.15) is 0 Å². The molecule has 0 spiro atoms. The summed E-state index contributed by atoms with van der Waals surface area (Å²) in [7, 11) is 0. The second kappa shape index (κ2) is 41.0. The molecule has 0 fully saturated rings. The van der Waals surface area contributed by atoms with Crippen molar-refractivity contribution in [3.63, 3.8) is 0 Å². The molecule has 72 heavy (non-hydrogen) atoms. The van der Waals surface area contributed by atoms with E-state index in [1.165, 1.54) is 0 Å². The molecule has 0 atom stereocenters. The maximum Gasteiger partial charge on any atom is 7.00 e. The van der Waals surface area contributed by atoms with Crippen LogP contribution in [-0.2, 0) is 108 Å². The van der Waals surface area contributed by atoms with Gasteiger partial charge in [-0.1, -0.05) is 0 Å². The zero-order valence-electron chi connectivity index (χ0n) is 33.9. The standard InChI is InChI=1S/7C4H6O4S2.2Re/c7*5-2(6)1-4(9,10)3(7)8;;/h7*9-10H,1H2,(H,5,6)(H,7,8);;/q;;;;;;;2*+7/p-14. The number of aliphatic carboxylic acids is 14. The maximum atomic E-state index is 10.0. The number of carbonyl (C=O) groups excluding carboxylic acids is 14. The van der Waals surface area contributed by atoms with E-state index in [9.17, 15) is 139 Å². The first-order valence-electron chi connectivity index (χ1n) is 15.5. The van der Waals surface area contributed by atoms with E-state index in [0.29, 0.717) is 0 Å². The van der Waals surface area contributed by atoms with Crippen LogP contribution in [0.15, 0.2) is 0 Å². The van der Waals surface area contributed by atoms with Gasteiger partial charge in [0.25, 0.3) is 0 Å². The SMILES string of the molecule is O=C([O-])CC(S)(S)C(=O)[O-].O=C([O-])CC(S)(S)C(=O)[O-].O=C([O-])CC(S)(S)C(=O)[O-].O=C([O-])CC(S)(S)C(=O)[O-].O=C([O-])CC(S)(S)C(=O)[O-].O=C([O-])CC(S)(S)C(=O)[O-].O=C([O-])CC(S)(S)C(=O)[O-].[Re+7].[Re+7]. The fourth-order valence-electron chi connectivity index (χ4n) is 1.91. The molecule has 0 aliphatic carbocycles. The molecule has 0 bridgehead atoms. The van der Waals surface area contributed by atoms with E-state index in [4.69, 9.17) is 0 Å². The quantitative estimate of drug-likeness (QED) is 0.0375. The Kier molecular flexibility index (Phi) is 51.4. The minimum atomic E-state index is -1.95. The van der Waals surface area contributed by atoms with Crippen molar-refractivity contribution in [1.29, 1.82) is 0 Å². The van der Waals surface area contributed by atoms with E-state index in [-0.39, 0.29) is 40.8 Å². The van der Waals surface area contributed by atoms with Crippen LogP contribution >= 0.6 is 177 Å². The van der Waals surface area contributed by atoms with Gasteiger partial charge in [0.05, 0.1) is 70.3 Å². The monoisotopic (exact) mass is 1630 g/mol. The van der Waals surface area contributed by atoms with Gasteiger partial charge >= 0.3 is 40.8 Å². The smallest absolute Gasteiger partial charge is 0.550 e. The molecule has 0 radical (unpaired) electrons. The Labute approximate surface area is 508 Å². The van der Waals surface area contributed by atoms with Crippen molar-refractivity contribution in [1.82, 2.24) is 0 Å². The van der Waals surface area contributed by atoms with Crippen molar-refractivity contribution in [2.45, 2.75) is 73.5 Å². The van der Waals surface area contributed by atoms with Crippen molar-refractivity contribution in [2.24, 2.45) is 0 Å². The average Bonchev–Trinajstić information content (AvgIpc) is 3.06. The minimum Gasteiger partial charge on any atom is -0.550 e. The third kappa shape index (κ3) is 55.0. The summed E-state index contributed by atoms with van der Waals surface area (Å²) < 4.78 is -13.6. The summed E-state index contributed by atoms with van der Waals surface area (Å²) in [6, 6.07) is 0. The van der Waals surface area contributed by atoms with Crippen LogP contribution in [0.4, 0.5) is 0 Å². The third-order valence-corrected chi connectivity index (χ3v) is 9.79. The molecule has 0 aromatic rings. The van der Waals surface area contributed by atoms with Crippen LogP contribution in [-0.4, -0.2) is 112 Å². The summed E-state index contributed by atoms with van der Waals surface area (Å²) in [6.07, 6.45) is -5.53. The van der Waals surface area contributed by atoms with E-state index < -0.39 is 157 Å². The number of hydrogen-bond acceptors (Lipinski definition) is 42. The largest absolute Gasteiger partial charge is 7.00 e. The Bertz CT molecular complexity index is 1540. The molecule has 0 N–H and O–H groups in total. The minimum absolute atomic E-state index is 0. The topological polar surface area (TPSA) is 562 Å². The van der Waals surface area contributed by atoms with E-state index in [1.807, 2.05) is 0 Å². The zero-order valence-corrected chi connectivity index (χ0v) is 51.9. The van der Waals surface area contributed by atoms with Crippen molar-refractivity contribution >= 4 is 260 Å².